The second-order valence-corrected chi connectivity index (χ2v) is 15.9. The minimum absolute atomic E-state index is 0.390. The first-order valence-corrected chi connectivity index (χ1v) is 20.0. The molecule has 3 heterocycles. The molecule has 6 aromatic carbocycles. The van der Waals surface area contributed by atoms with E-state index < -0.39 is 0 Å². The first kappa shape index (κ1) is 35.4. The molecule has 9 rings (SSSR count). The van der Waals surface area contributed by atoms with Gasteiger partial charge in [0.05, 0.1) is 29.1 Å². The zero-order chi connectivity index (χ0) is 38.5. The highest BCUT2D eigenvalue weighted by Crippen LogP contribution is 2.45. The van der Waals surface area contributed by atoms with Crippen LogP contribution in [0.3, 0.4) is 0 Å². The summed E-state index contributed by atoms with van der Waals surface area (Å²) in [5, 5.41) is 2.41. The third kappa shape index (κ3) is 6.08. The van der Waals surface area contributed by atoms with Gasteiger partial charge >= 0.3 is 0 Å². The number of hydrogen-bond acceptors (Lipinski definition) is 4. The molecule has 0 fully saturated rings. The Balaban J connectivity index is 1.21. The van der Waals surface area contributed by atoms with Crippen LogP contribution in [0, 0.1) is 0 Å². The average molecular weight is 732 g/mol. The SMILES string of the molecule is CC(C)c1cccc(C(C)C)c1-c1ccnc(-n2c3ccccc3c3ccc(N(c4ccccc4)c4cccc(N5CN(C(C)C)c6ccccc65)c4)cc32)c1. The molecule has 1 aliphatic heterocycles. The molecule has 5 nitrogen and oxygen atoms in total. The fourth-order valence-electron chi connectivity index (χ4n) is 8.65. The van der Waals surface area contributed by atoms with Crippen molar-refractivity contribution in [3.63, 3.8) is 0 Å². The van der Waals surface area contributed by atoms with Crippen LogP contribution in [-0.4, -0.2) is 22.3 Å². The summed E-state index contributed by atoms with van der Waals surface area (Å²) >= 11 is 0. The summed E-state index contributed by atoms with van der Waals surface area (Å²) in [6.45, 7) is 14.5. The molecule has 2 aromatic heterocycles. The Labute approximate surface area is 331 Å². The summed E-state index contributed by atoms with van der Waals surface area (Å²) in [5.41, 5.74) is 14.5. The number of pyridine rings is 1. The number of rotatable bonds is 9. The van der Waals surface area contributed by atoms with Crippen molar-refractivity contribution < 1.29 is 0 Å². The lowest BCUT2D eigenvalue weighted by atomic mass is 9.85. The van der Waals surface area contributed by atoms with Crippen LogP contribution in [0.1, 0.15) is 64.5 Å². The highest BCUT2D eigenvalue weighted by atomic mass is 15.4. The zero-order valence-electron chi connectivity index (χ0n) is 33.2. The Kier molecular flexibility index (Phi) is 9.09. The first-order chi connectivity index (χ1) is 27.3. The van der Waals surface area contributed by atoms with Crippen LogP contribution in [0.5, 0.6) is 0 Å². The third-order valence-corrected chi connectivity index (χ3v) is 11.4. The second kappa shape index (κ2) is 14.4. The van der Waals surface area contributed by atoms with Crippen molar-refractivity contribution in [3.05, 3.63) is 169 Å². The summed E-state index contributed by atoms with van der Waals surface area (Å²) in [4.78, 5) is 12.4. The van der Waals surface area contributed by atoms with Crippen molar-refractivity contribution in [2.45, 2.75) is 59.4 Å². The number of fused-ring (bicyclic) bond motifs is 4. The molecule has 0 aliphatic carbocycles. The molecule has 0 spiro atoms. The van der Waals surface area contributed by atoms with Gasteiger partial charge in [-0.25, -0.2) is 4.98 Å². The van der Waals surface area contributed by atoms with Gasteiger partial charge < -0.3 is 14.7 Å². The number of benzene rings is 6. The lowest BCUT2D eigenvalue weighted by molar-refractivity contribution is 0.709. The lowest BCUT2D eigenvalue weighted by Gasteiger charge is -2.28. The van der Waals surface area contributed by atoms with Gasteiger partial charge in [0, 0.05) is 45.8 Å². The Morgan fingerprint density at radius 3 is 1.93 bits per heavy atom. The highest BCUT2D eigenvalue weighted by Gasteiger charge is 2.29. The molecule has 0 radical (unpaired) electrons. The van der Waals surface area contributed by atoms with E-state index in [1.54, 1.807) is 0 Å². The summed E-state index contributed by atoms with van der Waals surface area (Å²) in [5.74, 6) is 1.70. The Morgan fingerprint density at radius 1 is 0.536 bits per heavy atom. The van der Waals surface area contributed by atoms with Gasteiger partial charge in [0.25, 0.3) is 0 Å². The highest BCUT2D eigenvalue weighted by molar-refractivity contribution is 6.10. The van der Waals surface area contributed by atoms with E-state index in [-0.39, 0.29) is 0 Å². The van der Waals surface area contributed by atoms with Crippen molar-refractivity contribution in [1.82, 2.24) is 9.55 Å². The number of hydrogen-bond donors (Lipinski definition) is 0. The number of para-hydroxylation sites is 4. The van der Waals surface area contributed by atoms with Crippen molar-refractivity contribution in [3.8, 4) is 16.9 Å². The van der Waals surface area contributed by atoms with Gasteiger partial charge in [-0.2, -0.15) is 0 Å². The van der Waals surface area contributed by atoms with Gasteiger partial charge in [0.2, 0.25) is 0 Å². The van der Waals surface area contributed by atoms with E-state index in [0.717, 1.165) is 46.3 Å². The van der Waals surface area contributed by atoms with Crippen LogP contribution in [-0.2, 0) is 0 Å². The fourth-order valence-corrected chi connectivity index (χ4v) is 8.65. The molecule has 56 heavy (non-hydrogen) atoms. The molecule has 278 valence electrons. The van der Waals surface area contributed by atoms with Gasteiger partial charge in [0.1, 0.15) is 5.82 Å². The van der Waals surface area contributed by atoms with E-state index in [9.17, 15) is 0 Å². The summed E-state index contributed by atoms with van der Waals surface area (Å²) in [7, 11) is 0. The van der Waals surface area contributed by atoms with E-state index >= 15 is 0 Å². The zero-order valence-corrected chi connectivity index (χ0v) is 33.2. The molecular formula is C51H49N5. The quantitative estimate of drug-likeness (QED) is 0.148. The van der Waals surface area contributed by atoms with Crippen molar-refractivity contribution >= 4 is 55.9 Å². The minimum Gasteiger partial charge on any atom is -0.349 e. The van der Waals surface area contributed by atoms with Gasteiger partial charge in [0.15, 0.2) is 0 Å². The normalized spacial score (nSPS) is 12.8. The van der Waals surface area contributed by atoms with Crippen LogP contribution in [0.15, 0.2) is 158 Å². The van der Waals surface area contributed by atoms with Crippen LogP contribution < -0.4 is 14.7 Å². The van der Waals surface area contributed by atoms with Crippen molar-refractivity contribution in [2.75, 3.05) is 21.4 Å². The van der Waals surface area contributed by atoms with Gasteiger partial charge in [-0.3, -0.25) is 4.57 Å². The standard InChI is InChI=1S/C51H49N5/c1-34(2)42-21-15-22-43(35(3)4)51(42)37-28-29-52-50(30-37)56-46-23-11-10-20-44(46)45-27-26-41(32-49(45)56)55(38-16-8-7-9-17-38)40-19-14-18-39(31-40)54-33-53(36(5)6)47-24-12-13-25-48(47)54/h7-32,34-36H,33H2,1-6H3. The summed E-state index contributed by atoms with van der Waals surface area (Å²) in [6.07, 6.45) is 1.98. The van der Waals surface area contributed by atoms with Crippen molar-refractivity contribution in [1.29, 1.82) is 0 Å². The molecule has 0 atom stereocenters. The smallest absolute Gasteiger partial charge is 0.138 e. The van der Waals surface area contributed by atoms with Crippen LogP contribution >= 0.6 is 0 Å². The molecule has 5 heteroatoms. The predicted octanol–water partition coefficient (Wildman–Crippen LogP) is 13.9. The molecule has 0 N–H and O–H groups in total. The van der Waals surface area contributed by atoms with E-state index in [1.165, 1.54) is 44.4 Å². The minimum atomic E-state index is 0.390. The maximum atomic E-state index is 5.08. The molecule has 0 unspecified atom stereocenters. The van der Waals surface area contributed by atoms with E-state index in [1.807, 2.05) is 6.20 Å². The third-order valence-electron chi connectivity index (χ3n) is 11.4. The van der Waals surface area contributed by atoms with Gasteiger partial charge in [-0.05, 0) is 121 Å². The Bertz CT molecular complexity index is 2660. The maximum Gasteiger partial charge on any atom is 0.138 e. The molecule has 0 saturated heterocycles. The number of anilines is 6. The van der Waals surface area contributed by atoms with E-state index in [4.69, 9.17) is 4.98 Å². The van der Waals surface area contributed by atoms with Crippen LogP contribution in [0.25, 0.3) is 38.8 Å². The van der Waals surface area contributed by atoms with E-state index in [2.05, 4.69) is 212 Å². The topological polar surface area (TPSA) is 27.5 Å². The lowest BCUT2D eigenvalue weighted by Crippen LogP contribution is -2.33. The van der Waals surface area contributed by atoms with Gasteiger partial charge in [-0.15, -0.1) is 0 Å². The monoisotopic (exact) mass is 731 g/mol. The molecule has 8 aromatic rings. The van der Waals surface area contributed by atoms with E-state index in [0.29, 0.717) is 17.9 Å². The van der Waals surface area contributed by atoms with Crippen LogP contribution in [0.4, 0.5) is 34.1 Å². The Morgan fingerprint density at radius 2 is 1.18 bits per heavy atom. The summed E-state index contributed by atoms with van der Waals surface area (Å²) < 4.78 is 2.35. The molecule has 1 aliphatic rings. The van der Waals surface area contributed by atoms with Gasteiger partial charge in [-0.1, -0.05) is 107 Å². The number of aromatic nitrogens is 2. The molecule has 0 amide bonds. The predicted molar refractivity (Wildman–Crippen MR) is 238 cm³/mol. The molecular weight excluding hydrogens is 683 g/mol. The fraction of sp³-hybridized carbons (Fsp3) is 0.196. The Hall–Kier alpha value is -6.33. The molecule has 0 bridgehead atoms. The maximum absolute atomic E-state index is 5.08. The average Bonchev–Trinajstić information content (AvgIpc) is 3.78. The summed E-state index contributed by atoms with van der Waals surface area (Å²) in [6, 6.07) is 55.7. The second-order valence-electron chi connectivity index (χ2n) is 15.9. The first-order valence-electron chi connectivity index (χ1n) is 20.0. The largest absolute Gasteiger partial charge is 0.349 e. The van der Waals surface area contributed by atoms with Crippen LogP contribution in [0.2, 0.25) is 0 Å². The van der Waals surface area contributed by atoms with Crippen molar-refractivity contribution in [2.24, 2.45) is 0 Å². The number of nitrogens with zero attached hydrogens (tertiary/aromatic N) is 5. The molecule has 0 saturated carbocycles.